The van der Waals surface area contributed by atoms with Gasteiger partial charge in [0.25, 0.3) is 6.29 Å². The van der Waals surface area contributed by atoms with Gasteiger partial charge in [-0.25, -0.2) is 9.59 Å². The fourth-order valence-electron chi connectivity index (χ4n) is 0.564. The van der Waals surface area contributed by atoms with Crippen molar-refractivity contribution in [3.05, 3.63) is 0 Å². The van der Waals surface area contributed by atoms with Crippen molar-refractivity contribution in [2.75, 3.05) is 13.2 Å². The molecule has 0 heterocycles. The molecule has 0 aliphatic heterocycles. The lowest BCUT2D eigenvalue weighted by atomic mass is 10.7. The third-order valence-electron chi connectivity index (χ3n) is 1.07. The van der Waals surface area contributed by atoms with Crippen LogP contribution < -0.4 is 0 Å². The van der Waals surface area contributed by atoms with Crippen LogP contribution in [0.25, 0.3) is 0 Å². The summed E-state index contributed by atoms with van der Waals surface area (Å²) < 4.78 is 17.7. The second-order valence-electron chi connectivity index (χ2n) is 2.29. The molecule has 0 bridgehead atoms. The first kappa shape index (κ1) is 13.7. The Morgan fingerprint density at radius 2 is 1.44 bits per heavy atom. The van der Waals surface area contributed by atoms with E-state index in [0.29, 0.717) is 0 Å². The molecule has 0 N–H and O–H groups in total. The maximum Gasteiger partial charge on any atom is 0.512 e. The van der Waals surface area contributed by atoms with E-state index in [1.54, 1.807) is 0 Å². The molecule has 0 aliphatic rings. The van der Waals surface area contributed by atoms with E-state index >= 15 is 0 Å². The summed E-state index contributed by atoms with van der Waals surface area (Å²) in [5.74, 6) is 4.13. The van der Waals surface area contributed by atoms with Gasteiger partial charge in [-0.05, 0) is 0 Å². The fraction of sp³-hybridized carbons (Fsp3) is 0.400. The van der Waals surface area contributed by atoms with E-state index in [1.165, 1.54) is 6.92 Å². The summed E-state index contributed by atoms with van der Waals surface area (Å²) in [7, 11) is 0. The lowest BCUT2D eigenvalue weighted by molar-refractivity contribution is -0.0904. The summed E-state index contributed by atoms with van der Waals surface area (Å²) in [5, 5.41) is 0. The predicted octanol–water partition coefficient (Wildman–Crippen LogP) is 0.905. The Hall–Kier alpha value is -2.34. The Labute approximate surface area is 92.8 Å². The third kappa shape index (κ3) is 7.10. The molecule has 0 saturated heterocycles. The van der Waals surface area contributed by atoms with Gasteiger partial charge in [-0.2, -0.15) is 0 Å². The topological polar surface area (TPSA) is 71.1 Å². The standard InChI is InChI=1S/C10H10O6/c1-4-6-13-9(11)15-8(3)16-10(12)14-7-5-2/h1-2,8H,6-7H2,3H3. The summed E-state index contributed by atoms with van der Waals surface area (Å²) in [6.07, 6.45) is 6.42. The van der Waals surface area contributed by atoms with Crippen molar-refractivity contribution < 1.29 is 28.5 Å². The number of terminal acetylenes is 2. The van der Waals surface area contributed by atoms with Crippen molar-refractivity contribution in [1.29, 1.82) is 0 Å². The molecule has 6 heteroatoms. The highest BCUT2D eigenvalue weighted by Gasteiger charge is 2.15. The number of ether oxygens (including phenoxy) is 4. The Kier molecular flexibility index (Phi) is 6.84. The Balaban J connectivity index is 3.77. The van der Waals surface area contributed by atoms with Crippen LogP contribution in [0.4, 0.5) is 9.59 Å². The molecule has 0 rings (SSSR count). The first-order valence-electron chi connectivity index (χ1n) is 4.14. The van der Waals surface area contributed by atoms with Crippen LogP contribution in [-0.4, -0.2) is 31.8 Å². The molecule has 0 aliphatic carbocycles. The van der Waals surface area contributed by atoms with Gasteiger partial charge in [-0.15, -0.1) is 12.8 Å². The molecule has 0 aromatic rings. The molecule has 0 spiro atoms. The minimum atomic E-state index is -1.16. The first-order chi connectivity index (χ1) is 7.60. The van der Waals surface area contributed by atoms with Crippen LogP contribution in [0.5, 0.6) is 0 Å². The van der Waals surface area contributed by atoms with Gasteiger partial charge in [-0.1, -0.05) is 11.8 Å². The Morgan fingerprint density at radius 1 is 1.06 bits per heavy atom. The first-order valence-corrected chi connectivity index (χ1v) is 4.14. The largest absolute Gasteiger partial charge is 0.512 e. The number of rotatable bonds is 4. The number of carbonyl (C=O) groups excluding carboxylic acids is 2. The molecule has 86 valence electrons. The molecule has 0 atom stereocenters. The van der Waals surface area contributed by atoms with Gasteiger partial charge < -0.3 is 18.9 Å². The zero-order chi connectivity index (χ0) is 12.4. The van der Waals surface area contributed by atoms with Crippen molar-refractivity contribution in [3.8, 4) is 24.7 Å². The lowest BCUT2D eigenvalue weighted by Crippen LogP contribution is -2.23. The van der Waals surface area contributed by atoms with Crippen molar-refractivity contribution in [1.82, 2.24) is 0 Å². The van der Waals surface area contributed by atoms with Gasteiger partial charge in [0.2, 0.25) is 0 Å². The molecule has 0 aromatic heterocycles. The maximum atomic E-state index is 10.8. The molecule has 0 saturated carbocycles. The highest BCUT2D eigenvalue weighted by atomic mass is 16.8. The molecule has 16 heavy (non-hydrogen) atoms. The van der Waals surface area contributed by atoms with Gasteiger partial charge in [0.05, 0.1) is 0 Å². The number of carbonyl (C=O) groups is 2. The summed E-state index contributed by atoms with van der Waals surface area (Å²) in [6, 6.07) is 0. The zero-order valence-corrected chi connectivity index (χ0v) is 8.60. The van der Waals surface area contributed by atoms with Crippen molar-refractivity contribution in [2.24, 2.45) is 0 Å². The average molecular weight is 226 g/mol. The van der Waals surface area contributed by atoms with Gasteiger partial charge in [0.15, 0.2) is 13.2 Å². The second kappa shape index (κ2) is 8.01. The molecule has 0 fully saturated rings. The third-order valence-corrected chi connectivity index (χ3v) is 1.07. The van der Waals surface area contributed by atoms with Gasteiger partial charge in [0, 0.05) is 6.92 Å². The van der Waals surface area contributed by atoms with E-state index in [9.17, 15) is 9.59 Å². The molecule has 0 radical (unpaired) electrons. The van der Waals surface area contributed by atoms with Crippen LogP contribution >= 0.6 is 0 Å². The summed E-state index contributed by atoms with van der Waals surface area (Å²) in [5.41, 5.74) is 0. The summed E-state index contributed by atoms with van der Waals surface area (Å²) in [4.78, 5) is 21.6. The zero-order valence-electron chi connectivity index (χ0n) is 8.60. The van der Waals surface area contributed by atoms with Gasteiger partial charge in [0.1, 0.15) is 0 Å². The fourth-order valence-corrected chi connectivity index (χ4v) is 0.564. The van der Waals surface area contributed by atoms with E-state index in [4.69, 9.17) is 12.8 Å². The number of hydrogen-bond donors (Lipinski definition) is 0. The minimum absolute atomic E-state index is 0.229. The molecule has 0 unspecified atom stereocenters. The number of hydrogen-bond acceptors (Lipinski definition) is 6. The highest BCUT2D eigenvalue weighted by molar-refractivity contribution is 5.62. The van der Waals surface area contributed by atoms with Crippen LogP contribution in [0.2, 0.25) is 0 Å². The normalized spacial score (nSPS) is 8.50. The highest BCUT2D eigenvalue weighted by Crippen LogP contribution is 1.98. The SMILES string of the molecule is C#CCOC(=O)OC(C)OC(=O)OCC#C. The van der Waals surface area contributed by atoms with E-state index in [2.05, 4.69) is 30.8 Å². The predicted molar refractivity (Wildman–Crippen MR) is 52.0 cm³/mol. The minimum Gasteiger partial charge on any atom is -0.421 e. The molecule has 0 amide bonds. The van der Waals surface area contributed by atoms with Crippen LogP contribution in [0, 0.1) is 24.7 Å². The van der Waals surface area contributed by atoms with Crippen LogP contribution in [0.15, 0.2) is 0 Å². The van der Waals surface area contributed by atoms with E-state index in [0.717, 1.165) is 0 Å². The Morgan fingerprint density at radius 3 is 1.75 bits per heavy atom. The average Bonchev–Trinajstić information content (AvgIpc) is 2.23. The van der Waals surface area contributed by atoms with Gasteiger partial charge >= 0.3 is 12.3 Å². The van der Waals surface area contributed by atoms with E-state index in [-0.39, 0.29) is 13.2 Å². The molecular formula is C10H10O6. The van der Waals surface area contributed by atoms with Crippen LogP contribution in [0.3, 0.4) is 0 Å². The Bertz CT molecular complexity index is 289. The maximum absolute atomic E-state index is 10.8. The van der Waals surface area contributed by atoms with Crippen molar-refractivity contribution >= 4 is 12.3 Å². The summed E-state index contributed by atoms with van der Waals surface area (Å²) in [6.45, 7) is 0.842. The molecule has 0 aromatic carbocycles. The van der Waals surface area contributed by atoms with Crippen molar-refractivity contribution in [2.45, 2.75) is 13.2 Å². The van der Waals surface area contributed by atoms with E-state index < -0.39 is 18.6 Å². The smallest absolute Gasteiger partial charge is 0.421 e. The summed E-state index contributed by atoms with van der Waals surface area (Å²) >= 11 is 0. The van der Waals surface area contributed by atoms with Crippen LogP contribution in [-0.2, 0) is 18.9 Å². The quantitative estimate of drug-likeness (QED) is 0.403. The van der Waals surface area contributed by atoms with Crippen LogP contribution in [0.1, 0.15) is 6.92 Å². The molecular weight excluding hydrogens is 216 g/mol. The van der Waals surface area contributed by atoms with E-state index in [1.807, 2.05) is 0 Å². The molecule has 6 nitrogen and oxygen atoms in total. The monoisotopic (exact) mass is 226 g/mol. The lowest BCUT2D eigenvalue weighted by Gasteiger charge is -2.12. The van der Waals surface area contributed by atoms with Crippen molar-refractivity contribution in [3.63, 3.8) is 0 Å². The second-order valence-corrected chi connectivity index (χ2v) is 2.29. The van der Waals surface area contributed by atoms with Gasteiger partial charge in [-0.3, -0.25) is 0 Å².